The number of nitrogens with one attached hydrogen (secondary N) is 2. The maximum absolute atomic E-state index is 12.5. The van der Waals surface area contributed by atoms with E-state index in [9.17, 15) is 9.59 Å². The number of hydrogen-bond acceptors (Lipinski definition) is 5. The van der Waals surface area contributed by atoms with Gasteiger partial charge < -0.3 is 15.4 Å². The molecule has 1 heterocycles. The van der Waals surface area contributed by atoms with Crippen LogP contribution in [0.25, 0.3) is 0 Å². The Morgan fingerprint density at radius 1 is 0.964 bits per heavy atom. The van der Waals surface area contributed by atoms with Gasteiger partial charge in [-0.15, -0.1) is 0 Å². The number of esters is 1. The Balaban J connectivity index is 1.65. The van der Waals surface area contributed by atoms with Gasteiger partial charge in [-0.25, -0.2) is 4.79 Å². The highest BCUT2D eigenvalue weighted by molar-refractivity contribution is 5.95. The summed E-state index contributed by atoms with van der Waals surface area (Å²) in [5.41, 5.74) is 4.58. The number of methoxy groups -OCH3 is 1. The number of ether oxygens (including phenoxy) is 1. The van der Waals surface area contributed by atoms with Crippen molar-refractivity contribution in [3.05, 3.63) is 89.2 Å². The first-order valence-electron chi connectivity index (χ1n) is 8.80. The zero-order chi connectivity index (χ0) is 19.9. The molecule has 6 heteroatoms. The zero-order valence-corrected chi connectivity index (χ0v) is 15.7. The van der Waals surface area contributed by atoms with Crippen LogP contribution >= 0.6 is 0 Å². The molecule has 2 N–H and O–H groups in total. The Bertz CT molecular complexity index is 984. The number of benzene rings is 2. The lowest BCUT2D eigenvalue weighted by Gasteiger charge is -2.10. The number of rotatable bonds is 6. The van der Waals surface area contributed by atoms with Gasteiger partial charge in [0.2, 0.25) is 0 Å². The summed E-state index contributed by atoms with van der Waals surface area (Å²) in [6, 6.07) is 16.5. The maximum Gasteiger partial charge on any atom is 0.337 e. The highest BCUT2D eigenvalue weighted by atomic mass is 16.5. The molecule has 0 aliphatic heterocycles. The van der Waals surface area contributed by atoms with Gasteiger partial charge in [0.1, 0.15) is 0 Å². The summed E-state index contributed by atoms with van der Waals surface area (Å²) < 4.78 is 4.68. The molecule has 1 amide bonds. The zero-order valence-electron chi connectivity index (χ0n) is 15.7. The van der Waals surface area contributed by atoms with E-state index in [0.717, 1.165) is 16.8 Å². The monoisotopic (exact) mass is 375 g/mol. The van der Waals surface area contributed by atoms with E-state index in [1.54, 1.807) is 36.5 Å². The molecule has 0 radical (unpaired) electrons. The van der Waals surface area contributed by atoms with Crippen LogP contribution in [0.5, 0.6) is 0 Å². The second kappa shape index (κ2) is 8.81. The lowest BCUT2D eigenvalue weighted by Crippen LogP contribution is -2.23. The molecule has 6 nitrogen and oxygen atoms in total. The van der Waals surface area contributed by atoms with Gasteiger partial charge >= 0.3 is 5.97 Å². The molecule has 28 heavy (non-hydrogen) atoms. The minimum atomic E-state index is -0.388. The molecule has 0 atom stereocenters. The number of aryl methyl sites for hydroxylation is 1. The molecule has 3 aromatic rings. The first-order valence-corrected chi connectivity index (χ1v) is 8.80. The quantitative estimate of drug-likeness (QED) is 0.640. The molecule has 142 valence electrons. The normalized spacial score (nSPS) is 10.2. The molecule has 0 aliphatic rings. The van der Waals surface area contributed by atoms with Gasteiger partial charge in [0.25, 0.3) is 5.91 Å². The molecule has 0 fully saturated rings. The summed E-state index contributed by atoms with van der Waals surface area (Å²) in [6.45, 7) is 2.47. The van der Waals surface area contributed by atoms with E-state index in [1.807, 2.05) is 31.2 Å². The summed E-state index contributed by atoms with van der Waals surface area (Å²) in [5.74, 6) is -0.582. The van der Waals surface area contributed by atoms with E-state index in [1.165, 1.54) is 13.3 Å². The second-order valence-corrected chi connectivity index (χ2v) is 6.27. The van der Waals surface area contributed by atoms with Crippen LogP contribution in [0.3, 0.4) is 0 Å². The number of pyridine rings is 1. The Labute approximate surface area is 163 Å². The number of aromatic nitrogens is 1. The van der Waals surface area contributed by atoms with Crippen molar-refractivity contribution in [2.45, 2.75) is 13.5 Å². The van der Waals surface area contributed by atoms with E-state index in [-0.39, 0.29) is 11.9 Å². The van der Waals surface area contributed by atoms with Crippen LogP contribution in [0.15, 0.2) is 67.0 Å². The standard InChI is InChI=1S/C22H21N3O3/c1-15-5-3-4-6-17(15)13-24-21(26)18-11-20(14-23-12-18)25-19-9-7-16(8-10-19)22(27)28-2/h3-12,14,25H,13H2,1-2H3,(H,24,26). The minimum Gasteiger partial charge on any atom is -0.465 e. The van der Waals surface area contributed by atoms with Gasteiger partial charge in [-0.2, -0.15) is 0 Å². The smallest absolute Gasteiger partial charge is 0.337 e. The topological polar surface area (TPSA) is 80.3 Å². The van der Waals surface area contributed by atoms with Gasteiger partial charge in [0.05, 0.1) is 30.1 Å². The van der Waals surface area contributed by atoms with E-state index in [4.69, 9.17) is 0 Å². The van der Waals surface area contributed by atoms with Crippen molar-refractivity contribution in [2.24, 2.45) is 0 Å². The summed E-state index contributed by atoms with van der Waals surface area (Å²) in [7, 11) is 1.34. The fourth-order valence-corrected chi connectivity index (χ4v) is 2.69. The number of nitrogens with zero attached hydrogens (tertiary/aromatic N) is 1. The largest absolute Gasteiger partial charge is 0.465 e. The van der Waals surface area contributed by atoms with Crippen LogP contribution in [0.4, 0.5) is 11.4 Å². The fraction of sp³-hybridized carbons (Fsp3) is 0.136. The van der Waals surface area contributed by atoms with Crippen LogP contribution in [-0.4, -0.2) is 24.0 Å². The van der Waals surface area contributed by atoms with E-state index in [2.05, 4.69) is 20.4 Å². The number of amides is 1. The summed E-state index contributed by atoms with van der Waals surface area (Å²) in [4.78, 5) is 28.1. The highest BCUT2D eigenvalue weighted by Gasteiger charge is 2.09. The van der Waals surface area contributed by atoms with Crippen molar-refractivity contribution < 1.29 is 14.3 Å². The van der Waals surface area contributed by atoms with Crippen LogP contribution in [-0.2, 0) is 11.3 Å². The average molecular weight is 375 g/mol. The van der Waals surface area contributed by atoms with Gasteiger partial charge in [0, 0.05) is 18.4 Å². The van der Waals surface area contributed by atoms with Gasteiger partial charge in [-0.05, 0) is 48.4 Å². The van der Waals surface area contributed by atoms with Crippen molar-refractivity contribution in [3.8, 4) is 0 Å². The molecule has 0 spiro atoms. The number of anilines is 2. The van der Waals surface area contributed by atoms with Crippen LogP contribution in [0.2, 0.25) is 0 Å². The second-order valence-electron chi connectivity index (χ2n) is 6.27. The van der Waals surface area contributed by atoms with E-state index < -0.39 is 0 Å². The summed E-state index contributed by atoms with van der Waals surface area (Å²) >= 11 is 0. The van der Waals surface area contributed by atoms with Crippen LogP contribution in [0, 0.1) is 6.92 Å². The van der Waals surface area contributed by atoms with Crippen molar-refractivity contribution in [2.75, 3.05) is 12.4 Å². The molecule has 2 aromatic carbocycles. The number of carbonyl (C=O) groups is 2. The van der Waals surface area contributed by atoms with E-state index in [0.29, 0.717) is 23.4 Å². The van der Waals surface area contributed by atoms with E-state index >= 15 is 0 Å². The first-order chi connectivity index (χ1) is 13.6. The third-order valence-electron chi connectivity index (χ3n) is 4.30. The molecule has 0 saturated heterocycles. The minimum absolute atomic E-state index is 0.194. The fourth-order valence-electron chi connectivity index (χ4n) is 2.69. The van der Waals surface area contributed by atoms with Crippen molar-refractivity contribution in [1.29, 1.82) is 0 Å². The van der Waals surface area contributed by atoms with Crippen LogP contribution < -0.4 is 10.6 Å². The Morgan fingerprint density at radius 3 is 2.43 bits per heavy atom. The third-order valence-corrected chi connectivity index (χ3v) is 4.30. The van der Waals surface area contributed by atoms with Crippen molar-refractivity contribution in [3.63, 3.8) is 0 Å². The molecule has 0 aliphatic carbocycles. The summed E-state index contributed by atoms with van der Waals surface area (Å²) in [6.07, 6.45) is 3.16. The molecular formula is C22H21N3O3. The summed E-state index contributed by atoms with van der Waals surface area (Å²) in [5, 5.41) is 6.09. The van der Waals surface area contributed by atoms with Gasteiger partial charge in [-0.1, -0.05) is 24.3 Å². The maximum atomic E-state index is 12.5. The number of carbonyl (C=O) groups excluding carboxylic acids is 2. The molecule has 0 unspecified atom stereocenters. The molecule has 0 bridgehead atoms. The Hall–Kier alpha value is -3.67. The predicted octanol–water partition coefficient (Wildman–Crippen LogP) is 3.85. The lowest BCUT2D eigenvalue weighted by molar-refractivity contribution is 0.0600. The molecule has 3 rings (SSSR count). The SMILES string of the molecule is COC(=O)c1ccc(Nc2cncc(C(=O)NCc3ccccc3C)c2)cc1. The Kier molecular flexibility index (Phi) is 6.01. The van der Waals surface area contributed by atoms with Gasteiger partial charge in [0.15, 0.2) is 0 Å². The third kappa shape index (κ3) is 4.73. The van der Waals surface area contributed by atoms with Gasteiger partial charge in [-0.3, -0.25) is 9.78 Å². The molecule has 0 saturated carbocycles. The Morgan fingerprint density at radius 2 is 1.71 bits per heavy atom. The van der Waals surface area contributed by atoms with Crippen molar-refractivity contribution in [1.82, 2.24) is 10.3 Å². The van der Waals surface area contributed by atoms with Crippen molar-refractivity contribution >= 4 is 23.3 Å². The average Bonchev–Trinajstić information content (AvgIpc) is 2.73. The molecular weight excluding hydrogens is 354 g/mol. The first kappa shape index (κ1) is 19.1. The number of hydrogen-bond donors (Lipinski definition) is 2. The molecule has 1 aromatic heterocycles. The predicted molar refractivity (Wildman–Crippen MR) is 108 cm³/mol. The lowest BCUT2D eigenvalue weighted by atomic mass is 10.1. The van der Waals surface area contributed by atoms with Crippen LogP contribution in [0.1, 0.15) is 31.8 Å². The highest BCUT2D eigenvalue weighted by Crippen LogP contribution is 2.18.